The summed E-state index contributed by atoms with van der Waals surface area (Å²) in [6.45, 7) is 7.25. The van der Waals surface area contributed by atoms with E-state index in [1.54, 1.807) is 0 Å². The molecule has 0 aromatic heterocycles. The van der Waals surface area contributed by atoms with Crippen LogP contribution in [0.2, 0.25) is 0 Å². The molecule has 0 bridgehead atoms. The van der Waals surface area contributed by atoms with Crippen molar-refractivity contribution >= 4 is 0 Å². The quantitative estimate of drug-likeness (QED) is 0.517. The minimum absolute atomic E-state index is 0.0119. The molecular weight excluding hydrogens is 170 g/mol. The van der Waals surface area contributed by atoms with Gasteiger partial charge in [0.2, 0.25) is 0 Å². The van der Waals surface area contributed by atoms with Crippen molar-refractivity contribution < 1.29 is 14.9 Å². The van der Waals surface area contributed by atoms with Gasteiger partial charge in [0.15, 0.2) is 0 Å². The Morgan fingerprint density at radius 1 is 1.31 bits per heavy atom. The van der Waals surface area contributed by atoms with Crippen LogP contribution in [0.25, 0.3) is 0 Å². The van der Waals surface area contributed by atoms with E-state index in [1.165, 1.54) is 0 Å². The molecular formula is C9H21NO3. The minimum Gasteiger partial charge on any atom is -0.394 e. The van der Waals surface area contributed by atoms with Gasteiger partial charge in [0.1, 0.15) is 0 Å². The highest BCUT2D eigenvalue weighted by Crippen LogP contribution is 1.92. The maximum absolute atomic E-state index is 9.46. The molecule has 1 unspecified atom stereocenters. The molecule has 0 fully saturated rings. The smallest absolute Gasteiger partial charge is 0.0900 e. The van der Waals surface area contributed by atoms with E-state index in [2.05, 4.69) is 18.7 Å². The molecule has 0 spiro atoms. The number of hydrogen-bond donors (Lipinski definition) is 2. The van der Waals surface area contributed by atoms with Crippen molar-refractivity contribution in [3.63, 3.8) is 0 Å². The summed E-state index contributed by atoms with van der Waals surface area (Å²) >= 11 is 0. The van der Waals surface area contributed by atoms with Crippen molar-refractivity contribution in [1.82, 2.24) is 4.90 Å². The molecule has 0 aromatic carbocycles. The van der Waals surface area contributed by atoms with Crippen molar-refractivity contribution in [3.05, 3.63) is 0 Å². The fourth-order valence-electron chi connectivity index (χ4n) is 1.12. The first kappa shape index (κ1) is 12.8. The van der Waals surface area contributed by atoms with E-state index >= 15 is 0 Å². The Morgan fingerprint density at radius 2 is 1.92 bits per heavy atom. The molecule has 0 radical (unpaired) electrons. The Kier molecular flexibility index (Phi) is 8.33. The highest BCUT2D eigenvalue weighted by molar-refractivity contribution is 4.61. The van der Waals surface area contributed by atoms with Crippen LogP contribution in [0, 0.1) is 0 Å². The molecule has 0 saturated heterocycles. The van der Waals surface area contributed by atoms with Gasteiger partial charge in [0, 0.05) is 6.54 Å². The normalized spacial score (nSPS) is 13.6. The summed E-state index contributed by atoms with van der Waals surface area (Å²) in [5, 5.41) is 17.9. The largest absolute Gasteiger partial charge is 0.394 e. The van der Waals surface area contributed by atoms with Crippen LogP contribution in [0.4, 0.5) is 0 Å². The molecule has 4 nitrogen and oxygen atoms in total. The zero-order valence-electron chi connectivity index (χ0n) is 8.57. The third-order valence-corrected chi connectivity index (χ3v) is 1.91. The second-order valence-corrected chi connectivity index (χ2v) is 2.94. The first-order valence-electron chi connectivity index (χ1n) is 4.83. The number of ether oxygens (including phenoxy) is 1. The lowest BCUT2D eigenvalue weighted by Crippen LogP contribution is -2.34. The molecule has 0 aliphatic rings. The number of rotatable bonds is 8. The fourth-order valence-corrected chi connectivity index (χ4v) is 1.12. The molecule has 0 rings (SSSR count). The molecule has 80 valence electrons. The summed E-state index contributed by atoms with van der Waals surface area (Å²) in [5.74, 6) is 0. The van der Waals surface area contributed by atoms with Gasteiger partial charge in [-0.2, -0.15) is 0 Å². The van der Waals surface area contributed by atoms with E-state index in [0.29, 0.717) is 19.8 Å². The van der Waals surface area contributed by atoms with Crippen molar-refractivity contribution in [1.29, 1.82) is 0 Å². The summed E-state index contributed by atoms with van der Waals surface area (Å²) in [7, 11) is 0. The summed E-state index contributed by atoms with van der Waals surface area (Å²) in [6.07, 6.45) is -0.452. The van der Waals surface area contributed by atoms with E-state index in [-0.39, 0.29) is 6.61 Å². The topological polar surface area (TPSA) is 52.9 Å². The Labute approximate surface area is 80.1 Å². The Morgan fingerprint density at radius 3 is 2.38 bits per heavy atom. The van der Waals surface area contributed by atoms with E-state index in [4.69, 9.17) is 9.84 Å². The van der Waals surface area contributed by atoms with Crippen molar-refractivity contribution in [2.24, 2.45) is 0 Å². The van der Waals surface area contributed by atoms with Crippen LogP contribution >= 0.6 is 0 Å². The molecule has 1 atom stereocenters. The van der Waals surface area contributed by atoms with Gasteiger partial charge >= 0.3 is 0 Å². The van der Waals surface area contributed by atoms with E-state index < -0.39 is 6.10 Å². The van der Waals surface area contributed by atoms with Crippen molar-refractivity contribution in [2.75, 3.05) is 39.5 Å². The number of likely N-dealkylation sites (N-methyl/N-ethyl adjacent to an activating group) is 1. The summed E-state index contributed by atoms with van der Waals surface area (Å²) in [6, 6.07) is 0. The zero-order chi connectivity index (χ0) is 10.1. The summed E-state index contributed by atoms with van der Waals surface area (Å²) < 4.78 is 5.01. The highest BCUT2D eigenvalue weighted by Gasteiger charge is 2.08. The number of aliphatic hydroxyl groups is 2. The summed E-state index contributed by atoms with van der Waals surface area (Å²) in [5.41, 5.74) is 0. The lowest BCUT2D eigenvalue weighted by atomic mass is 10.3. The van der Waals surface area contributed by atoms with Crippen LogP contribution in [-0.4, -0.2) is 60.7 Å². The predicted molar refractivity (Wildman–Crippen MR) is 51.7 cm³/mol. The zero-order valence-corrected chi connectivity index (χ0v) is 8.57. The van der Waals surface area contributed by atoms with Crippen LogP contribution in [-0.2, 0) is 4.74 Å². The Balaban J connectivity index is 3.42. The molecule has 0 heterocycles. The van der Waals surface area contributed by atoms with Gasteiger partial charge in [-0.15, -0.1) is 0 Å². The van der Waals surface area contributed by atoms with Gasteiger partial charge < -0.3 is 19.8 Å². The van der Waals surface area contributed by atoms with Crippen LogP contribution in [0.1, 0.15) is 13.8 Å². The van der Waals surface area contributed by atoms with Gasteiger partial charge in [-0.25, -0.2) is 0 Å². The highest BCUT2D eigenvalue weighted by atomic mass is 16.5. The maximum Gasteiger partial charge on any atom is 0.0900 e. The minimum atomic E-state index is -0.452. The van der Waals surface area contributed by atoms with E-state index in [9.17, 15) is 5.11 Å². The number of aliphatic hydroxyl groups excluding tert-OH is 2. The van der Waals surface area contributed by atoms with Crippen LogP contribution in [0.15, 0.2) is 0 Å². The van der Waals surface area contributed by atoms with Crippen molar-refractivity contribution in [2.45, 2.75) is 20.0 Å². The van der Waals surface area contributed by atoms with Crippen LogP contribution < -0.4 is 0 Å². The predicted octanol–water partition coefficient (Wildman–Crippen LogP) is -0.302. The van der Waals surface area contributed by atoms with Crippen LogP contribution in [0.3, 0.4) is 0 Å². The van der Waals surface area contributed by atoms with Gasteiger partial charge in [-0.05, 0) is 13.1 Å². The Hall–Kier alpha value is -0.160. The van der Waals surface area contributed by atoms with Gasteiger partial charge in [0.05, 0.1) is 25.9 Å². The average molecular weight is 191 g/mol. The van der Waals surface area contributed by atoms with Crippen molar-refractivity contribution in [3.8, 4) is 0 Å². The molecule has 0 amide bonds. The first-order chi connectivity index (χ1) is 6.24. The molecule has 0 saturated carbocycles. The lowest BCUT2D eigenvalue weighted by Gasteiger charge is -2.21. The van der Waals surface area contributed by atoms with E-state index in [1.807, 2.05) is 0 Å². The average Bonchev–Trinajstić information content (AvgIpc) is 2.14. The lowest BCUT2D eigenvalue weighted by molar-refractivity contribution is 0.00671. The monoisotopic (exact) mass is 191 g/mol. The number of hydrogen-bond acceptors (Lipinski definition) is 4. The second kappa shape index (κ2) is 8.44. The van der Waals surface area contributed by atoms with Crippen LogP contribution in [0.5, 0.6) is 0 Å². The molecule has 0 aliphatic carbocycles. The first-order valence-corrected chi connectivity index (χ1v) is 4.83. The Bertz CT molecular complexity index is 107. The SMILES string of the molecule is CCN(CC)CC(O)COCCO. The third kappa shape index (κ3) is 6.95. The fraction of sp³-hybridized carbons (Fsp3) is 1.00. The van der Waals surface area contributed by atoms with Gasteiger partial charge in [-0.1, -0.05) is 13.8 Å². The molecule has 4 heteroatoms. The van der Waals surface area contributed by atoms with Gasteiger partial charge in [-0.3, -0.25) is 0 Å². The number of nitrogens with zero attached hydrogens (tertiary/aromatic N) is 1. The molecule has 0 aliphatic heterocycles. The standard InChI is InChI=1S/C9H21NO3/c1-3-10(4-2)7-9(12)8-13-6-5-11/h9,11-12H,3-8H2,1-2H3. The maximum atomic E-state index is 9.46. The molecule has 13 heavy (non-hydrogen) atoms. The van der Waals surface area contributed by atoms with Gasteiger partial charge in [0.25, 0.3) is 0 Å². The second-order valence-electron chi connectivity index (χ2n) is 2.94. The van der Waals surface area contributed by atoms with E-state index in [0.717, 1.165) is 13.1 Å². The molecule has 2 N–H and O–H groups in total. The third-order valence-electron chi connectivity index (χ3n) is 1.91. The summed E-state index contributed by atoms with van der Waals surface area (Å²) in [4.78, 5) is 2.13. The molecule has 0 aromatic rings.